The predicted octanol–water partition coefficient (Wildman–Crippen LogP) is 2.36. The Kier molecular flexibility index (Phi) is 4.64. The van der Waals surface area contributed by atoms with Gasteiger partial charge in [-0.2, -0.15) is 0 Å². The van der Waals surface area contributed by atoms with Crippen LogP contribution in [0, 0.1) is 0 Å². The fraction of sp³-hybridized carbons (Fsp3) is 0.417. The number of carbonyl (C=O) groups is 1. The molecule has 0 bridgehead atoms. The van der Waals surface area contributed by atoms with Crippen molar-refractivity contribution in [2.24, 2.45) is 0 Å². The standard InChI is InChI=1S/C12H17NO3/c1-3-11(12(14)15)13-9-5-7-10(8-6-9)16-4-2/h5-8,11,13H,3-4H2,1-2H3,(H,14,15). The molecule has 16 heavy (non-hydrogen) atoms. The molecule has 0 radical (unpaired) electrons. The number of rotatable bonds is 6. The third-order valence-electron chi connectivity index (χ3n) is 2.21. The van der Waals surface area contributed by atoms with Crippen LogP contribution in [0.15, 0.2) is 24.3 Å². The van der Waals surface area contributed by atoms with E-state index in [1.807, 2.05) is 38.1 Å². The second-order valence-corrected chi connectivity index (χ2v) is 3.40. The van der Waals surface area contributed by atoms with Crippen molar-refractivity contribution < 1.29 is 14.6 Å². The van der Waals surface area contributed by atoms with Gasteiger partial charge in [-0.05, 0) is 37.6 Å². The zero-order chi connectivity index (χ0) is 12.0. The monoisotopic (exact) mass is 223 g/mol. The Morgan fingerprint density at radius 1 is 1.38 bits per heavy atom. The SMILES string of the molecule is CCOc1ccc(NC(CC)C(=O)O)cc1. The number of anilines is 1. The van der Waals surface area contributed by atoms with E-state index in [0.29, 0.717) is 13.0 Å². The van der Waals surface area contributed by atoms with Crippen LogP contribution in [0.25, 0.3) is 0 Å². The van der Waals surface area contributed by atoms with Crippen molar-refractivity contribution in [2.45, 2.75) is 26.3 Å². The molecule has 1 aromatic carbocycles. The van der Waals surface area contributed by atoms with Crippen LogP contribution >= 0.6 is 0 Å². The summed E-state index contributed by atoms with van der Waals surface area (Å²) in [6.07, 6.45) is 0.544. The number of ether oxygens (including phenoxy) is 1. The fourth-order valence-corrected chi connectivity index (χ4v) is 1.35. The first-order valence-corrected chi connectivity index (χ1v) is 5.39. The molecule has 0 spiro atoms. The summed E-state index contributed by atoms with van der Waals surface area (Å²) in [4.78, 5) is 10.8. The quantitative estimate of drug-likeness (QED) is 0.777. The minimum absolute atomic E-state index is 0.544. The molecule has 0 aromatic heterocycles. The Morgan fingerprint density at radius 2 is 2.00 bits per heavy atom. The zero-order valence-electron chi connectivity index (χ0n) is 9.56. The lowest BCUT2D eigenvalue weighted by Crippen LogP contribution is -2.28. The molecule has 0 saturated heterocycles. The first-order chi connectivity index (χ1) is 7.67. The van der Waals surface area contributed by atoms with Gasteiger partial charge in [0.05, 0.1) is 6.61 Å². The highest BCUT2D eigenvalue weighted by atomic mass is 16.5. The van der Waals surface area contributed by atoms with Crippen molar-refractivity contribution in [2.75, 3.05) is 11.9 Å². The van der Waals surface area contributed by atoms with E-state index in [-0.39, 0.29) is 0 Å². The highest BCUT2D eigenvalue weighted by Crippen LogP contribution is 2.16. The van der Waals surface area contributed by atoms with Crippen molar-refractivity contribution in [1.82, 2.24) is 0 Å². The number of carboxylic acid groups (broad SMARTS) is 1. The van der Waals surface area contributed by atoms with Crippen LogP contribution < -0.4 is 10.1 Å². The van der Waals surface area contributed by atoms with Gasteiger partial charge in [0.1, 0.15) is 11.8 Å². The van der Waals surface area contributed by atoms with Gasteiger partial charge in [0.25, 0.3) is 0 Å². The number of aliphatic carboxylic acids is 1. The second kappa shape index (κ2) is 6.00. The van der Waals surface area contributed by atoms with Crippen LogP contribution in [0.4, 0.5) is 5.69 Å². The molecule has 88 valence electrons. The van der Waals surface area contributed by atoms with Gasteiger partial charge in [0.15, 0.2) is 0 Å². The Labute approximate surface area is 95.2 Å². The molecule has 0 aliphatic carbocycles. The van der Waals surface area contributed by atoms with Crippen LogP contribution in [-0.4, -0.2) is 23.7 Å². The third kappa shape index (κ3) is 3.46. The Balaban J connectivity index is 2.63. The van der Waals surface area contributed by atoms with Crippen molar-refractivity contribution in [3.63, 3.8) is 0 Å². The van der Waals surface area contributed by atoms with Gasteiger partial charge in [0.2, 0.25) is 0 Å². The van der Waals surface area contributed by atoms with Gasteiger partial charge >= 0.3 is 5.97 Å². The first kappa shape index (κ1) is 12.4. The minimum Gasteiger partial charge on any atom is -0.494 e. The van der Waals surface area contributed by atoms with Crippen LogP contribution in [0.2, 0.25) is 0 Å². The summed E-state index contributed by atoms with van der Waals surface area (Å²) in [6.45, 7) is 4.38. The Bertz CT molecular complexity index is 335. The van der Waals surface area contributed by atoms with Crippen LogP contribution in [0.5, 0.6) is 5.75 Å². The van der Waals surface area contributed by atoms with Gasteiger partial charge in [-0.25, -0.2) is 4.79 Å². The summed E-state index contributed by atoms with van der Waals surface area (Å²) in [5.74, 6) is -0.0483. The van der Waals surface area contributed by atoms with E-state index >= 15 is 0 Å². The highest BCUT2D eigenvalue weighted by Gasteiger charge is 2.13. The molecule has 1 aromatic rings. The van der Waals surface area contributed by atoms with E-state index in [0.717, 1.165) is 11.4 Å². The molecule has 1 unspecified atom stereocenters. The molecule has 4 heteroatoms. The average Bonchev–Trinajstić information content (AvgIpc) is 2.28. The maximum absolute atomic E-state index is 10.8. The topological polar surface area (TPSA) is 58.6 Å². The van der Waals surface area contributed by atoms with Crippen molar-refractivity contribution in [1.29, 1.82) is 0 Å². The second-order valence-electron chi connectivity index (χ2n) is 3.40. The molecule has 4 nitrogen and oxygen atoms in total. The lowest BCUT2D eigenvalue weighted by atomic mass is 10.2. The first-order valence-electron chi connectivity index (χ1n) is 5.39. The van der Waals surface area contributed by atoms with E-state index in [9.17, 15) is 4.79 Å². The zero-order valence-corrected chi connectivity index (χ0v) is 9.56. The summed E-state index contributed by atoms with van der Waals surface area (Å²) in [5, 5.41) is 11.8. The summed E-state index contributed by atoms with van der Waals surface area (Å²) in [7, 11) is 0. The molecule has 0 heterocycles. The molecule has 0 saturated carbocycles. The van der Waals surface area contributed by atoms with E-state index in [2.05, 4.69) is 5.32 Å². The van der Waals surface area contributed by atoms with Crippen LogP contribution in [-0.2, 0) is 4.79 Å². The average molecular weight is 223 g/mol. The Hall–Kier alpha value is -1.71. The van der Waals surface area contributed by atoms with E-state index < -0.39 is 12.0 Å². The predicted molar refractivity (Wildman–Crippen MR) is 62.9 cm³/mol. The van der Waals surface area contributed by atoms with Gasteiger partial charge in [-0.15, -0.1) is 0 Å². The van der Waals surface area contributed by atoms with E-state index in [1.54, 1.807) is 0 Å². The molecule has 1 atom stereocenters. The normalized spacial score (nSPS) is 11.9. The molecule has 0 fully saturated rings. The van der Waals surface area contributed by atoms with Crippen LogP contribution in [0.1, 0.15) is 20.3 Å². The number of carboxylic acids is 1. The largest absolute Gasteiger partial charge is 0.494 e. The highest BCUT2D eigenvalue weighted by molar-refractivity contribution is 5.77. The van der Waals surface area contributed by atoms with Crippen molar-refractivity contribution in [3.8, 4) is 5.75 Å². The maximum atomic E-state index is 10.8. The summed E-state index contributed by atoms with van der Waals surface area (Å²) in [5.41, 5.74) is 0.790. The van der Waals surface area contributed by atoms with Crippen molar-refractivity contribution >= 4 is 11.7 Å². The van der Waals surface area contributed by atoms with E-state index in [4.69, 9.17) is 9.84 Å². The fourth-order valence-electron chi connectivity index (χ4n) is 1.35. The molecule has 2 N–H and O–H groups in total. The minimum atomic E-state index is -0.837. The Morgan fingerprint density at radius 3 is 2.44 bits per heavy atom. The van der Waals surface area contributed by atoms with Gasteiger partial charge < -0.3 is 15.2 Å². The van der Waals surface area contributed by atoms with Gasteiger partial charge in [-0.1, -0.05) is 6.92 Å². The van der Waals surface area contributed by atoms with Gasteiger partial charge in [0, 0.05) is 5.69 Å². The molecular weight excluding hydrogens is 206 g/mol. The van der Waals surface area contributed by atoms with Crippen LogP contribution in [0.3, 0.4) is 0 Å². The van der Waals surface area contributed by atoms with E-state index in [1.165, 1.54) is 0 Å². The summed E-state index contributed by atoms with van der Waals surface area (Å²) < 4.78 is 5.30. The number of hydrogen-bond donors (Lipinski definition) is 2. The number of hydrogen-bond acceptors (Lipinski definition) is 3. The lowest BCUT2D eigenvalue weighted by molar-refractivity contribution is -0.137. The van der Waals surface area contributed by atoms with Gasteiger partial charge in [-0.3, -0.25) is 0 Å². The van der Waals surface area contributed by atoms with Crippen molar-refractivity contribution in [3.05, 3.63) is 24.3 Å². The number of nitrogens with one attached hydrogen (secondary N) is 1. The summed E-state index contributed by atoms with van der Waals surface area (Å²) in [6, 6.07) is 6.73. The third-order valence-corrected chi connectivity index (χ3v) is 2.21. The molecule has 0 amide bonds. The maximum Gasteiger partial charge on any atom is 0.326 e. The molecule has 0 aliphatic rings. The number of benzene rings is 1. The smallest absolute Gasteiger partial charge is 0.326 e. The molecule has 0 aliphatic heterocycles. The molecular formula is C12H17NO3. The molecule has 1 rings (SSSR count). The summed E-state index contributed by atoms with van der Waals surface area (Å²) >= 11 is 0. The lowest BCUT2D eigenvalue weighted by Gasteiger charge is -2.13.